The van der Waals surface area contributed by atoms with Crippen molar-refractivity contribution in [3.8, 4) is 0 Å². The molecule has 2 N–H and O–H groups in total. The lowest BCUT2D eigenvalue weighted by Crippen LogP contribution is -2.25. The molecule has 0 spiro atoms. The van der Waals surface area contributed by atoms with Crippen molar-refractivity contribution >= 4 is 34.3 Å². The molecule has 1 amide bonds. The molecule has 0 unspecified atom stereocenters. The first kappa shape index (κ1) is 17.1. The van der Waals surface area contributed by atoms with Gasteiger partial charge in [0.05, 0.1) is 17.7 Å². The van der Waals surface area contributed by atoms with Gasteiger partial charge in [0.15, 0.2) is 0 Å². The fourth-order valence-corrected chi connectivity index (χ4v) is 2.49. The van der Waals surface area contributed by atoms with Crippen LogP contribution in [0.4, 0.5) is 11.4 Å². The third kappa shape index (κ3) is 4.21. The molecule has 3 aromatic rings. The van der Waals surface area contributed by atoms with Gasteiger partial charge in [0, 0.05) is 28.8 Å². The van der Waals surface area contributed by atoms with E-state index in [2.05, 4.69) is 15.8 Å². The number of hydrazone groups is 1. The number of anilines is 1. The number of nitro groups is 1. The standard InChI is InChI=1S/C19H16N4O3/c24-19(22-21-12-14-5-3-8-16(11-14)23(25)26)13-20-18-10-4-7-15-6-1-2-9-17(15)18/h1-12,20H,13H2,(H,22,24)/b21-12+. The van der Waals surface area contributed by atoms with Crippen LogP contribution in [-0.4, -0.2) is 23.6 Å². The number of carbonyl (C=O) groups excluding carboxylic acids is 1. The number of nitrogens with zero attached hydrogens (tertiary/aromatic N) is 2. The van der Waals surface area contributed by atoms with Crippen molar-refractivity contribution in [2.24, 2.45) is 5.10 Å². The summed E-state index contributed by atoms with van der Waals surface area (Å²) in [5.74, 6) is -0.320. The predicted octanol–water partition coefficient (Wildman–Crippen LogP) is 3.31. The predicted molar refractivity (Wildman–Crippen MR) is 101 cm³/mol. The number of hydrogen-bond acceptors (Lipinski definition) is 5. The average molecular weight is 348 g/mol. The highest BCUT2D eigenvalue weighted by Crippen LogP contribution is 2.22. The van der Waals surface area contributed by atoms with E-state index in [4.69, 9.17) is 0 Å². The molecule has 0 radical (unpaired) electrons. The number of fused-ring (bicyclic) bond motifs is 1. The number of non-ortho nitro benzene ring substituents is 1. The minimum atomic E-state index is -0.482. The van der Waals surface area contributed by atoms with E-state index in [1.807, 2.05) is 42.5 Å². The van der Waals surface area contributed by atoms with Crippen LogP contribution >= 0.6 is 0 Å². The van der Waals surface area contributed by atoms with Crippen LogP contribution in [-0.2, 0) is 4.79 Å². The molecule has 0 fully saturated rings. The largest absolute Gasteiger partial charge is 0.376 e. The molecule has 0 saturated carbocycles. The Labute approximate surface area is 149 Å². The summed E-state index contributed by atoms with van der Waals surface area (Å²) >= 11 is 0. The zero-order valence-electron chi connectivity index (χ0n) is 13.8. The summed E-state index contributed by atoms with van der Waals surface area (Å²) in [6.45, 7) is 0.0558. The van der Waals surface area contributed by atoms with Crippen LogP contribution in [0.25, 0.3) is 10.8 Å². The van der Waals surface area contributed by atoms with Crippen LogP contribution < -0.4 is 10.7 Å². The molecule has 7 nitrogen and oxygen atoms in total. The fraction of sp³-hybridized carbons (Fsp3) is 0.0526. The fourth-order valence-electron chi connectivity index (χ4n) is 2.49. The number of rotatable bonds is 6. The molecule has 0 aliphatic rings. The number of benzene rings is 3. The van der Waals surface area contributed by atoms with Crippen LogP contribution in [0.3, 0.4) is 0 Å². The molecular formula is C19H16N4O3. The van der Waals surface area contributed by atoms with E-state index in [1.165, 1.54) is 18.3 Å². The van der Waals surface area contributed by atoms with E-state index >= 15 is 0 Å². The highest BCUT2D eigenvalue weighted by Gasteiger charge is 2.05. The molecule has 0 aliphatic heterocycles. The normalized spacial score (nSPS) is 10.8. The smallest absolute Gasteiger partial charge is 0.270 e. The molecule has 0 aromatic heterocycles. The van der Waals surface area contributed by atoms with Crippen LogP contribution in [0.1, 0.15) is 5.56 Å². The maximum absolute atomic E-state index is 11.9. The Morgan fingerprint density at radius 1 is 1.08 bits per heavy atom. The zero-order chi connectivity index (χ0) is 18.4. The van der Waals surface area contributed by atoms with Crippen LogP contribution in [0.5, 0.6) is 0 Å². The molecule has 7 heteroatoms. The minimum absolute atomic E-state index is 0.0297. The Bertz CT molecular complexity index is 980. The molecule has 0 heterocycles. The number of nitro benzene ring substituents is 1. The van der Waals surface area contributed by atoms with Crippen molar-refractivity contribution in [1.29, 1.82) is 0 Å². The summed E-state index contributed by atoms with van der Waals surface area (Å²) in [5.41, 5.74) is 3.76. The quantitative estimate of drug-likeness (QED) is 0.406. The van der Waals surface area contributed by atoms with Crippen LogP contribution in [0.2, 0.25) is 0 Å². The van der Waals surface area contributed by atoms with Crippen molar-refractivity contribution < 1.29 is 9.72 Å². The van der Waals surface area contributed by atoms with Crippen molar-refractivity contribution in [1.82, 2.24) is 5.43 Å². The van der Waals surface area contributed by atoms with Gasteiger partial charge in [-0.25, -0.2) is 5.43 Å². The van der Waals surface area contributed by atoms with Crippen LogP contribution in [0.15, 0.2) is 71.8 Å². The van der Waals surface area contributed by atoms with Gasteiger partial charge in [0.1, 0.15) is 0 Å². The Balaban J connectivity index is 1.57. The van der Waals surface area contributed by atoms with Crippen LogP contribution in [0, 0.1) is 10.1 Å². The maximum Gasteiger partial charge on any atom is 0.270 e. The molecule has 0 saturated heterocycles. The molecular weight excluding hydrogens is 332 g/mol. The van der Waals surface area contributed by atoms with Gasteiger partial charge in [-0.15, -0.1) is 0 Å². The summed E-state index contributed by atoms with van der Waals surface area (Å²) in [5, 5.41) is 19.8. The SMILES string of the molecule is O=C(CNc1cccc2ccccc12)N/N=C/c1cccc([N+](=O)[O-])c1. The first-order valence-electron chi connectivity index (χ1n) is 7.91. The van der Waals surface area contributed by atoms with Gasteiger partial charge < -0.3 is 5.32 Å². The van der Waals surface area contributed by atoms with Crippen molar-refractivity contribution in [2.75, 3.05) is 11.9 Å². The lowest BCUT2D eigenvalue weighted by molar-refractivity contribution is -0.384. The third-order valence-corrected chi connectivity index (χ3v) is 3.71. The van der Waals surface area contributed by atoms with E-state index in [0.717, 1.165) is 16.5 Å². The molecule has 0 aliphatic carbocycles. The van der Waals surface area contributed by atoms with Crippen molar-refractivity contribution in [2.45, 2.75) is 0 Å². The average Bonchev–Trinajstić information content (AvgIpc) is 2.66. The highest BCUT2D eigenvalue weighted by atomic mass is 16.6. The Morgan fingerprint density at radius 3 is 2.69 bits per heavy atom. The van der Waals surface area contributed by atoms with Gasteiger partial charge in [-0.2, -0.15) is 5.10 Å². The molecule has 0 bridgehead atoms. The Hall–Kier alpha value is -3.74. The summed E-state index contributed by atoms with van der Waals surface area (Å²) < 4.78 is 0. The van der Waals surface area contributed by atoms with Gasteiger partial charge in [0.2, 0.25) is 0 Å². The second kappa shape index (κ2) is 7.89. The van der Waals surface area contributed by atoms with E-state index in [1.54, 1.807) is 12.1 Å². The first-order chi connectivity index (χ1) is 12.6. The van der Waals surface area contributed by atoms with Gasteiger partial charge >= 0.3 is 0 Å². The molecule has 3 rings (SSSR count). The minimum Gasteiger partial charge on any atom is -0.376 e. The second-order valence-corrected chi connectivity index (χ2v) is 5.53. The topological polar surface area (TPSA) is 96.6 Å². The van der Waals surface area contributed by atoms with E-state index in [0.29, 0.717) is 5.56 Å². The second-order valence-electron chi connectivity index (χ2n) is 5.53. The first-order valence-corrected chi connectivity index (χ1v) is 7.91. The van der Waals surface area contributed by atoms with E-state index < -0.39 is 4.92 Å². The Kier molecular flexibility index (Phi) is 5.19. The maximum atomic E-state index is 11.9. The third-order valence-electron chi connectivity index (χ3n) is 3.71. The Morgan fingerprint density at radius 2 is 1.85 bits per heavy atom. The van der Waals surface area contributed by atoms with Gasteiger partial charge in [-0.05, 0) is 11.5 Å². The lowest BCUT2D eigenvalue weighted by Gasteiger charge is -2.08. The summed E-state index contributed by atoms with van der Waals surface area (Å²) in [6.07, 6.45) is 1.36. The number of carbonyl (C=O) groups is 1. The van der Waals surface area contributed by atoms with Crippen molar-refractivity contribution in [3.63, 3.8) is 0 Å². The highest BCUT2D eigenvalue weighted by molar-refractivity contribution is 5.95. The van der Waals surface area contributed by atoms with E-state index in [9.17, 15) is 14.9 Å². The van der Waals surface area contributed by atoms with Gasteiger partial charge in [0.25, 0.3) is 11.6 Å². The van der Waals surface area contributed by atoms with Crippen molar-refractivity contribution in [3.05, 3.63) is 82.4 Å². The van der Waals surface area contributed by atoms with Gasteiger partial charge in [-0.1, -0.05) is 48.5 Å². The lowest BCUT2D eigenvalue weighted by atomic mass is 10.1. The molecule has 0 atom stereocenters. The number of nitrogens with one attached hydrogen (secondary N) is 2. The molecule has 130 valence electrons. The summed E-state index contributed by atoms with van der Waals surface area (Å²) in [6, 6.07) is 19.7. The number of amides is 1. The zero-order valence-corrected chi connectivity index (χ0v) is 13.8. The summed E-state index contributed by atoms with van der Waals surface area (Å²) in [7, 11) is 0. The molecule has 26 heavy (non-hydrogen) atoms. The monoisotopic (exact) mass is 348 g/mol. The molecule has 3 aromatic carbocycles. The van der Waals surface area contributed by atoms with E-state index in [-0.39, 0.29) is 18.1 Å². The summed E-state index contributed by atoms with van der Waals surface area (Å²) in [4.78, 5) is 22.2. The van der Waals surface area contributed by atoms with Gasteiger partial charge in [-0.3, -0.25) is 14.9 Å². The number of hydrogen-bond donors (Lipinski definition) is 2.